The Morgan fingerprint density at radius 1 is 1.18 bits per heavy atom. The van der Waals surface area contributed by atoms with Gasteiger partial charge in [-0.15, -0.1) is 0 Å². The van der Waals surface area contributed by atoms with E-state index in [1.54, 1.807) is 43.1 Å². The number of aliphatic hydroxyl groups is 1. The van der Waals surface area contributed by atoms with E-state index in [0.717, 1.165) is 25.7 Å². The van der Waals surface area contributed by atoms with Gasteiger partial charge < -0.3 is 20.1 Å². The summed E-state index contributed by atoms with van der Waals surface area (Å²) in [7, 11) is -2.30. The number of amides is 2. The van der Waals surface area contributed by atoms with Gasteiger partial charge in [-0.05, 0) is 56.2 Å². The molecule has 0 spiro atoms. The third kappa shape index (κ3) is 7.14. The summed E-state index contributed by atoms with van der Waals surface area (Å²) in [5.74, 6) is 5.28. The standard InChI is InChI=1S/C30H38FN3O5S/c1-21-18-34(22(2)20-35)40(37,38)29-15-14-24(13-12-23-8-7-9-25(31)16-23)17-27(29)39-28(21)19-33(3)30(36)32-26-10-5-4-6-11-26/h7-9,14-17,21-22,26,28,35H,4-6,10-11,18-20H2,1-3H3,(H,32,36)/t21-,22+,28-/m0/s1. The van der Waals surface area contributed by atoms with E-state index in [1.165, 1.54) is 28.9 Å². The summed E-state index contributed by atoms with van der Waals surface area (Å²) in [5.41, 5.74) is 0.982. The molecule has 0 aromatic heterocycles. The molecule has 2 N–H and O–H groups in total. The normalized spacial score (nSPS) is 21.9. The topological polar surface area (TPSA) is 99.2 Å². The van der Waals surface area contributed by atoms with Gasteiger partial charge in [-0.1, -0.05) is 44.1 Å². The first-order chi connectivity index (χ1) is 19.1. The zero-order valence-electron chi connectivity index (χ0n) is 23.3. The predicted octanol–water partition coefficient (Wildman–Crippen LogP) is 3.97. The Hall–Kier alpha value is -3.13. The Balaban J connectivity index is 1.65. The fourth-order valence-electron chi connectivity index (χ4n) is 5.12. The highest BCUT2D eigenvalue weighted by Gasteiger charge is 2.38. The lowest BCUT2D eigenvalue weighted by Crippen LogP contribution is -2.52. The molecular weight excluding hydrogens is 533 g/mol. The third-order valence-electron chi connectivity index (χ3n) is 7.58. The summed E-state index contributed by atoms with van der Waals surface area (Å²) in [5, 5.41) is 13.0. The number of halogens is 1. The van der Waals surface area contributed by atoms with Crippen LogP contribution >= 0.6 is 0 Å². The van der Waals surface area contributed by atoms with Gasteiger partial charge in [-0.25, -0.2) is 17.6 Å². The number of nitrogens with one attached hydrogen (secondary N) is 1. The number of carbonyl (C=O) groups is 1. The van der Waals surface area contributed by atoms with Gasteiger partial charge in [0.1, 0.15) is 22.6 Å². The fraction of sp³-hybridized carbons (Fsp3) is 0.500. The minimum Gasteiger partial charge on any atom is -0.487 e. The molecule has 2 aromatic carbocycles. The van der Waals surface area contributed by atoms with Crippen molar-refractivity contribution in [2.45, 2.75) is 69.0 Å². The smallest absolute Gasteiger partial charge is 0.317 e. The number of ether oxygens (including phenoxy) is 1. The molecule has 4 rings (SSSR count). The van der Waals surface area contributed by atoms with Gasteiger partial charge in [0.2, 0.25) is 10.0 Å². The van der Waals surface area contributed by atoms with E-state index in [0.29, 0.717) is 11.1 Å². The number of aliphatic hydroxyl groups excluding tert-OH is 1. The third-order valence-corrected chi connectivity index (χ3v) is 9.60. The molecule has 10 heteroatoms. The number of fused-ring (bicyclic) bond motifs is 1. The van der Waals surface area contributed by atoms with Gasteiger partial charge in [0.15, 0.2) is 0 Å². The van der Waals surface area contributed by atoms with Crippen molar-refractivity contribution < 1.29 is 27.4 Å². The van der Waals surface area contributed by atoms with Gasteiger partial charge in [0.05, 0.1) is 13.2 Å². The van der Waals surface area contributed by atoms with Gasteiger partial charge in [-0.2, -0.15) is 4.31 Å². The van der Waals surface area contributed by atoms with Gasteiger partial charge >= 0.3 is 6.03 Å². The highest BCUT2D eigenvalue weighted by Crippen LogP contribution is 2.34. The molecule has 0 unspecified atom stereocenters. The monoisotopic (exact) mass is 571 g/mol. The van der Waals surface area contributed by atoms with Crippen LogP contribution in [0.25, 0.3) is 0 Å². The first kappa shape index (κ1) is 29.8. The Kier molecular flexibility index (Phi) is 9.72. The van der Waals surface area contributed by atoms with Crippen LogP contribution in [-0.2, 0) is 10.0 Å². The quantitative estimate of drug-likeness (QED) is 0.530. The summed E-state index contributed by atoms with van der Waals surface area (Å²) in [6.45, 7) is 3.55. The Bertz CT molecular complexity index is 1370. The van der Waals surface area contributed by atoms with Crippen LogP contribution in [0.3, 0.4) is 0 Å². The zero-order valence-corrected chi connectivity index (χ0v) is 24.1. The molecule has 2 amide bonds. The fourth-order valence-corrected chi connectivity index (χ4v) is 6.94. The first-order valence-electron chi connectivity index (χ1n) is 13.8. The number of benzene rings is 2. The van der Waals surface area contributed by atoms with Crippen LogP contribution in [-0.4, -0.2) is 73.7 Å². The van der Waals surface area contributed by atoms with Crippen molar-refractivity contribution in [1.29, 1.82) is 0 Å². The molecule has 8 nitrogen and oxygen atoms in total. The lowest BCUT2D eigenvalue weighted by molar-refractivity contribution is 0.0806. The first-order valence-corrected chi connectivity index (χ1v) is 15.2. The van der Waals surface area contributed by atoms with Crippen molar-refractivity contribution in [1.82, 2.24) is 14.5 Å². The molecule has 2 aromatic rings. The number of nitrogens with zero attached hydrogens (tertiary/aromatic N) is 2. The molecule has 3 atom stereocenters. The van der Waals surface area contributed by atoms with Crippen molar-refractivity contribution in [3.63, 3.8) is 0 Å². The number of urea groups is 1. The van der Waals surface area contributed by atoms with E-state index in [-0.39, 0.29) is 48.3 Å². The molecule has 40 heavy (non-hydrogen) atoms. The van der Waals surface area contributed by atoms with Crippen molar-refractivity contribution in [3.05, 3.63) is 59.4 Å². The SMILES string of the molecule is C[C@H](CO)N1C[C@H](C)[C@H](CN(C)C(=O)NC2CCCCC2)Oc2cc(C#Cc3cccc(F)c3)ccc2S1(=O)=O. The molecule has 0 bridgehead atoms. The summed E-state index contributed by atoms with van der Waals surface area (Å²) < 4.78 is 48.6. The van der Waals surface area contributed by atoms with Crippen LogP contribution in [0.1, 0.15) is 57.1 Å². The molecule has 1 fully saturated rings. The molecule has 2 aliphatic rings. The molecule has 1 aliphatic carbocycles. The van der Waals surface area contributed by atoms with E-state index >= 15 is 0 Å². The Morgan fingerprint density at radius 3 is 2.55 bits per heavy atom. The van der Waals surface area contributed by atoms with E-state index in [1.807, 2.05) is 6.92 Å². The summed E-state index contributed by atoms with van der Waals surface area (Å²) in [4.78, 5) is 14.5. The van der Waals surface area contributed by atoms with E-state index in [4.69, 9.17) is 4.74 Å². The maximum atomic E-state index is 13.7. The molecule has 0 radical (unpaired) electrons. The Labute approximate surface area is 236 Å². The summed E-state index contributed by atoms with van der Waals surface area (Å²) in [6.07, 6.45) is 4.80. The number of rotatable bonds is 5. The average molecular weight is 572 g/mol. The molecular formula is C30H38FN3O5S. The van der Waals surface area contributed by atoms with Crippen LogP contribution < -0.4 is 10.1 Å². The molecule has 0 saturated heterocycles. The number of hydrogen-bond acceptors (Lipinski definition) is 5. The highest BCUT2D eigenvalue weighted by atomic mass is 32.2. The average Bonchev–Trinajstić information content (AvgIpc) is 2.93. The van der Waals surface area contributed by atoms with Crippen LogP contribution in [0.4, 0.5) is 9.18 Å². The lowest BCUT2D eigenvalue weighted by atomic mass is 9.96. The zero-order chi connectivity index (χ0) is 28.9. The van der Waals surface area contributed by atoms with Gasteiger partial charge in [0, 0.05) is 42.7 Å². The second-order valence-corrected chi connectivity index (χ2v) is 12.7. The van der Waals surface area contributed by atoms with Crippen LogP contribution in [0.5, 0.6) is 5.75 Å². The number of hydrogen-bond donors (Lipinski definition) is 2. The number of likely N-dealkylation sites (N-methyl/N-ethyl adjacent to an activating group) is 1. The van der Waals surface area contributed by atoms with Crippen molar-refractivity contribution >= 4 is 16.1 Å². The molecule has 216 valence electrons. The largest absolute Gasteiger partial charge is 0.487 e. The van der Waals surface area contributed by atoms with E-state index in [9.17, 15) is 22.7 Å². The van der Waals surface area contributed by atoms with Gasteiger partial charge in [0.25, 0.3) is 0 Å². The lowest BCUT2D eigenvalue weighted by Gasteiger charge is -2.37. The van der Waals surface area contributed by atoms with Crippen molar-refractivity contribution in [2.24, 2.45) is 5.92 Å². The van der Waals surface area contributed by atoms with E-state index < -0.39 is 28.0 Å². The number of sulfonamides is 1. The van der Waals surface area contributed by atoms with Crippen molar-refractivity contribution in [3.8, 4) is 17.6 Å². The maximum absolute atomic E-state index is 13.7. The van der Waals surface area contributed by atoms with Gasteiger partial charge in [-0.3, -0.25) is 0 Å². The predicted molar refractivity (Wildman–Crippen MR) is 151 cm³/mol. The van der Waals surface area contributed by atoms with Crippen LogP contribution in [0.15, 0.2) is 47.4 Å². The number of carbonyl (C=O) groups excluding carboxylic acids is 1. The molecule has 1 aliphatic heterocycles. The maximum Gasteiger partial charge on any atom is 0.317 e. The minimum absolute atomic E-state index is 0.0321. The molecule has 1 heterocycles. The Morgan fingerprint density at radius 2 is 1.88 bits per heavy atom. The summed E-state index contributed by atoms with van der Waals surface area (Å²) in [6, 6.07) is 9.82. The van der Waals surface area contributed by atoms with Crippen LogP contribution in [0.2, 0.25) is 0 Å². The van der Waals surface area contributed by atoms with Crippen LogP contribution in [0, 0.1) is 23.6 Å². The second-order valence-electron chi connectivity index (χ2n) is 10.8. The minimum atomic E-state index is -4.01. The molecule has 1 saturated carbocycles. The second kappa shape index (κ2) is 13.0. The van der Waals surface area contributed by atoms with E-state index in [2.05, 4.69) is 17.2 Å². The highest BCUT2D eigenvalue weighted by molar-refractivity contribution is 7.89. The summed E-state index contributed by atoms with van der Waals surface area (Å²) >= 11 is 0. The van der Waals surface area contributed by atoms with Crippen molar-refractivity contribution in [2.75, 3.05) is 26.7 Å².